The van der Waals surface area contributed by atoms with Crippen LogP contribution < -0.4 is 5.32 Å². The van der Waals surface area contributed by atoms with Gasteiger partial charge in [0.15, 0.2) is 0 Å². The van der Waals surface area contributed by atoms with E-state index in [-0.39, 0.29) is 23.4 Å². The van der Waals surface area contributed by atoms with Crippen molar-refractivity contribution in [2.45, 2.75) is 51.5 Å². The number of nitrogens with one attached hydrogen (secondary N) is 1. The van der Waals surface area contributed by atoms with Crippen molar-refractivity contribution in [3.8, 4) is 6.07 Å². The fourth-order valence-corrected chi connectivity index (χ4v) is 6.10. The Balaban J connectivity index is 1.21. The normalized spacial score (nSPS) is 16.2. The van der Waals surface area contributed by atoms with Gasteiger partial charge in [0, 0.05) is 54.6 Å². The number of nitrogens with zero attached hydrogens (tertiary/aromatic N) is 5. The number of hydrogen-bond donors (Lipinski definition) is 2. The minimum Gasteiger partial charge on any atom is -0.396 e. The first-order valence-corrected chi connectivity index (χ1v) is 13.5. The molecule has 0 saturated carbocycles. The maximum absolute atomic E-state index is 12.8. The summed E-state index contributed by atoms with van der Waals surface area (Å²) in [6, 6.07) is 12.2. The van der Waals surface area contributed by atoms with Crippen LogP contribution in [0.1, 0.15) is 35.9 Å². The molecule has 2 N–H and O–H groups in total. The van der Waals surface area contributed by atoms with Crippen LogP contribution in [0.4, 0.5) is 19.0 Å². The van der Waals surface area contributed by atoms with Crippen LogP contribution in [-0.4, -0.2) is 56.5 Å². The van der Waals surface area contributed by atoms with Gasteiger partial charge in [-0.3, -0.25) is 4.90 Å². The molecule has 3 aromatic heterocycles. The van der Waals surface area contributed by atoms with Gasteiger partial charge < -0.3 is 15.0 Å². The molecule has 0 bridgehead atoms. The van der Waals surface area contributed by atoms with Crippen LogP contribution in [0.2, 0.25) is 0 Å². The van der Waals surface area contributed by atoms with Gasteiger partial charge >= 0.3 is 6.18 Å². The number of aromatic nitrogens is 3. The Hall–Kier alpha value is -3.20. The number of likely N-dealkylation sites (tertiary alicyclic amines) is 1. The molecule has 5 rings (SSSR count). The van der Waals surface area contributed by atoms with Gasteiger partial charge in [0.25, 0.3) is 0 Å². The van der Waals surface area contributed by atoms with Gasteiger partial charge in [-0.2, -0.15) is 18.4 Å². The Morgan fingerprint density at radius 3 is 2.71 bits per heavy atom. The van der Waals surface area contributed by atoms with E-state index in [1.54, 1.807) is 6.07 Å². The van der Waals surface area contributed by atoms with Crippen LogP contribution in [-0.2, 0) is 19.5 Å². The number of thiophene rings is 1. The summed E-state index contributed by atoms with van der Waals surface area (Å²) in [5.41, 5.74) is 2.77. The molecule has 11 heteroatoms. The second kappa shape index (κ2) is 10.9. The molecule has 1 aromatic carbocycles. The number of rotatable bonds is 8. The Morgan fingerprint density at radius 1 is 1.21 bits per heavy atom. The van der Waals surface area contributed by atoms with E-state index in [9.17, 15) is 23.5 Å². The lowest BCUT2D eigenvalue weighted by Crippen LogP contribution is -2.38. The molecule has 200 valence electrons. The molecule has 1 saturated heterocycles. The Bertz CT molecular complexity index is 1470. The zero-order chi connectivity index (χ0) is 26.9. The first kappa shape index (κ1) is 26.4. The maximum atomic E-state index is 12.8. The summed E-state index contributed by atoms with van der Waals surface area (Å²) in [7, 11) is 0. The van der Waals surface area contributed by atoms with E-state index in [1.807, 2.05) is 17.6 Å². The third-order valence-corrected chi connectivity index (χ3v) is 8.02. The summed E-state index contributed by atoms with van der Waals surface area (Å²) < 4.78 is 40.5. The number of halogens is 3. The summed E-state index contributed by atoms with van der Waals surface area (Å²) in [5, 5.41) is 24.1. The van der Waals surface area contributed by atoms with Crippen LogP contribution in [0, 0.1) is 17.2 Å². The van der Waals surface area contributed by atoms with E-state index in [0.717, 1.165) is 54.7 Å². The van der Waals surface area contributed by atoms with Gasteiger partial charge in [-0.05, 0) is 48.6 Å². The average molecular weight is 543 g/mol. The van der Waals surface area contributed by atoms with Crippen molar-refractivity contribution in [1.82, 2.24) is 19.4 Å². The molecule has 4 aromatic rings. The van der Waals surface area contributed by atoms with Gasteiger partial charge in [0.05, 0.1) is 11.8 Å². The summed E-state index contributed by atoms with van der Waals surface area (Å²) in [6.07, 6.45) is -2.02. The maximum Gasteiger partial charge on any atom is 0.393 e. The van der Waals surface area contributed by atoms with Crippen molar-refractivity contribution in [2.24, 2.45) is 5.92 Å². The van der Waals surface area contributed by atoms with Gasteiger partial charge in [0.2, 0.25) is 0 Å². The second-order valence-corrected chi connectivity index (χ2v) is 11.2. The van der Waals surface area contributed by atoms with E-state index in [4.69, 9.17) is 0 Å². The monoisotopic (exact) mass is 542 g/mol. The van der Waals surface area contributed by atoms with Gasteiger partial charge in [-0.1, -0.05) is 13.0 Å². The van der Waals surface area contributed by atoms with Crippen LogP contribution in [0.5, 0.6) is 0 Å². The number of nitriles is 1. The lowest BCUT2D eigenvalue weighted by atomic mass is 10.0. The molecule has 1 fully saturated rings. The molecule has 0 radical (unpaired) electrons. The number of aliphatic hydroxyl groups excluding tert-OH is 1. The first-order valence-electron chi connectivity index (χ1n) is 12.6. The van der Waals surface area contributed by atoms with Crippen molar-refractivity contribution in [1.29, 1.82) is 5.26 Å². The zero-order valence-corrected chi connectivity index (χ0v) is 21.8. The number of anilines is 1. The topological polar surface area (TPSA) is 90.0 Å². The number of fused-ring (bicyclic) bond motifs is 2. The Kier molecular flexibility index (Phi) is 7.56. The average Bonchev–Trinajstić information content (AvgIpc) is 3.44. The number of hydrogen-bond acceptors (Lipinski definition) is 7. The van der Waals surface area contributed by atoms with E-state index in [2.05, 4.69) is 44.5 Å². The molecule has 7 nitrogen and oxygen atoms in total. The molecule has 4 heterocycles. The molecule has 1 atom stereocenters. The molecular formula is C27H29F3N6OS. The standard InChI is InChI=1S/C27H29F3N6OS/c1-17(15-37)13-36-21(12-31)9-19-8-18(2-3-24(19)36)14-35-6-4-20(5-7-35)34-25-23-10-22(11-27(28,29)30)38-26(23)33-16-32-25/h2-3,8-10,16-17,20,37H,4-7,11,13-15H2,1H3,(H,32,33,34)/t17-/m0/s1. The predicted octanol–water partition coefficient (Wildman–Crippen LogP) is 5.33. The highest BCUT2D eigenvalue weighted by atomic mass is 32.1. The minimum atomic E-state index is -4.25. The largest absolute Gasteiger partial charge is 0.396 e. The van der Waals surface area contributed by atoms with E-state index in [1.165, 1.54) is 11.9 Å². The molecule has 0 aliphatic carbocycles. The summed E-state index contributed by atoms with van der Waals surface area (Å²) in [4.78, 5) is 11.7. The molecule has 38 heavy (non-hydrogen) atoms. The molecule has 1 aliphatic rings. The highest BCUT2D eigenvalue weighted by Crippen LogP contribution is 2.33. The third-order valence-electron chi connectivity index (χ3n) is 6.98. The Labute approximate surface area is 222 Å². The van der Waals surface area contributed by atoms with E-state index >= 15 is 0 Å². The lowest BCUT2D eigenvalue weighted by molar-refractivity contribution is -0.126. The van der Waals surface area contributed by atoms with Crippen molar-refractivity contribution in [2.75, 3.05) is 25.0 Å². The fraction of sp³-hybridized carbons (Fsp3) is 0.444. The quantitative estimate of drug-likeness (QED) is 0.313. The summed E-state index contributed by atoms with van der Waals surface area (Å²) >= 11 is 1.06. The van der Waals surface area contributed by atoms with Gasteiger partial charge in [-0.25, -0.2) is 9.97 Å². The van der Waals surface area contributed by atoms with Crippen molar-refractivity contribution >= 4 is 38.3 Å². The predicted molar refractivity (Wildman–Crippen MR) is 142 cm³/mol. The number of aliphatic hydroxyl groups is 1. The van der Waals surface area contributed by atoms with Gasteiger partial charge in [0.1, 0.15) is 28.7 Å². The van der Waals surface area contributed by atoms with Crippen molar-refractivity contribution in [3.05, 3.63) is 52.8 Å². The summed E-state index contributed by atoms with van der Waals surface area (Å²) in [5.74, 6) is 0.657. The molecule has 0 unspecified atom stereocenters. The number of piperidine rings is 1. The summed E-state index contributed by atoms with van der Waals surface area (Å²) in [6.45, 7) is 5.18. The van der Waals surface area contributed by atoms with Crippen LogP contribution in [0.15, 0.2) is 36.7 Å². The molecule has 0 amide bonds. The van der Waals surface area contributed by atoms with E-state index in [0.29, 0.717) is 28.3 Å². The lowest BCUT2D eigenvalue weighted by Gasteiger charge is -2.32. The number of benzene rings is 1. The van der Waals surface area contributed by atoms with Crippen molar-refractivity contribution < 1.29 is 18.3 Å². The Morgan fingerprint density at radius 2 is 2.00 bits per heavy atom. The van der Waals surface area contributed by atoms with Crippen LogP contribution >= 0.6 is 11.3 Å². The number of alkyl halides is 3. The van der Waals surface area contributed by atoms with E-state index < -0.39 is 12.6 Å². The third kappa shape index (κ3) is 5.93. The van der Waals surface area contributed by atoms with Crippen LogP contribution in [0.25, 0.3) is 21.1 Å². The van der Waals surface area contributed by atoms with Crippen LogP contribution in [0.3, 0.4) is 0 Å². The SMILES string of the molecule is C[C@H](CO)Cn1c(C#N)cc2cc(CN3CCC(Nc4ncnc5sc(CC(F)(F)F)cc45)CC3)ccc21. The first-order chi connectivity index (χ1) is 18.2. The smallest absolute Gasteiger partial charge is 0.393 e. The second-order valence-electron chi connectivity index (χ2n) is 10.1. The fourth-order valence-electron chi connectivity index (χ4n) is 5.07. The minimum absolute atomic E-state index is 0.0624. The van der Waals surface area contributed by atoms with Gasteiger partial charge in [-0.15, -0.1) is 11.3 Å². The zero-order valence-electron chi connectivity index (χ0n) is 21.0. The van der Waals surface area contributed by atoms with Crippen molar-refractivity contribution in [3.63, 3.8) is 0 Å². The highest BCUT2D eigenvalue weighted by Gasteiger charge is 2.29. The molecule has 1 aliphatic heterocycles. The molecule has 0 spiro atoms. The highest BCUT2D eigenvalue weighted by molar-refractivity contribution is 7.18. The molecular weight excluding hydrogens is 513 g/mol.